The molecule has 0 aromatic carbocycles. The van der Waals surface area contributed by atoms with E-state index in [2.05, 4.69) is 51.8 Å². The van der Waals surface area contributed by atoms with E-state index in [1.807, 2.05) is 29.3 Å². The topological polar surface area (TPSA) is 37.2 Å². The predicted octanol–water partition coefficient (Wildman–Crippen LogP) is 2.56. The molecule has 128 valence electrons. The summed E-state index contributed by atoms with van der Waals surface area (Å²) in [5, 5.41) is 4.42. The number of rotatable bonds is 7. The highest BCUT2D eigenvalue weighted by Crippen LogP contribution is 2.20. The first-order valence-electron chi connectivity index (χ1n) is 8.68. The molecule has 3 heterocycles. The first-order chi connectivity index (χ1) is 11.7. The molecule has 5 nitrogen and oxygen atoms in total. The van der Waals surface area contributed by atoms with Gasteiger partial charge in [-0.2, -0.15) is 5.10 Å². The summed E-state index contributed by atoms with van der Waals surface area (Å²) >= 11 is 0. The zero-order valence-corrected chi connectivity index (χ0v) is 14.5. The van der Waals surface area contributed by atoms with E-state index in [-0.39, 0.29) is 0 Å². The Balaban J connectivity index is 1.71. The van der Waals surface area contributed by atoms with Crippen LogP contribution in [0.2, 0.25) is 0 Å². The van der Waals surface area contributed by atoms with Crippen molar-refractivity contribution < 1.29 is 0 Å². The molecule has 0 N–H and O–H groups in total. The molecule has 0 atom stereocenters. The molecule has 0 unspecified atom stereocenters. The third kappa shape index (κ3) is 4.52. The molecule has 1 aliphatic heterocycles. The lowest BCUT2D eigenvalue weighted by atomic mass is 10.0. The van der Waals surface area contributed by atoms with Gasteiger partial charge in [0, 0.05) is 43.3 Å². The Hall–Kier alpha value is -1.98. The fourth-order valence-electron chi connectivity index (χ4n) is 3.35. The number of allylic oxidation sites excluding steroid dienone is 1. The molecule has 0 spiro atoms. The van der Waals surface area contributed by atoms with E-state index in [0.29, 0.717) is 6.04 Å². The third-order valence-electron chi connectivity index (χ3n) is 4.73. The quantitative estimate of drug-likeness (QED) is 0.733. The minimum atomic E-state index is 0.622. The Labute approximate surface area is 144 Å². The Morgan fingerprint density at radius 2 is 1.92 bits per heavy atom. The van der Waals surface area contributed by atoms with Crippen molar-refractivity contribution in [2.24, 2.45) is 0 Å². The number of pyridine rings is 1. The van der Waals surface area contributed by atoms with Crippen LogP contribution in [0, 0.1) is 0 Å². The molecule has 2 aromatic rings. The van der Waals surface area contributed by atoms with Gasteiger partial charge in [-0.25, -0.2) is 0 Å². The summed E-state index contributed by atoms with van der Waals surface area (Å²) in [6.45, 7) is 8.79. The standard InChI is InChI=1S/C19H27N5/c1-3-10-24-16-18(13-21-24)15-23(14-17-4-8-20-9-5-17)19-6-11-22(2)12-7-19/h3-5,8-9,13,16,19H,1,6-7,10-12,14-15H2,2H3. The molecule has 1 aliphatic rings. The second kappa shape index (κ2) is 8.22. The van der Waals surface area contributed by atoms with Gasteiger partial charge in [0.05, 0.1) is 12.7 Å². The summed E-state index contributed by atoms with van der Waals surface area (Å²) < 4.78 is 1.95. The van der Waals surface area contributed by atoms with Crippen molar-refractivity contribution in [2.75, 3.05) is 20.1 Å². The monoisotopic (exact) mass is 325 g/mol. The van der Waals surface area contributed by atoms with Crippen LogP contribution < -0.4 is 0 Å². The maximum atomic E-state index is 4.42. The van der Waals surface area contributed by atoms with Crippen LogP contribution in [0.3, 0.4) is 0 Å². The highest BCUT2D eigenvalue weighted by molar-refractivity contribution is 5.11. The molecule has 0 amide bonds. The molecular formula is C19H27N5. The van der Waals surface area contributed by atoms with Gasteiger partial charge >= 0.3 is 0 Å². The van der Waals surface area contributed by atoms with Gasteiger partial charge in [-0.3, -0.25) is 14.6 Å². The molecule has 0 saturated carbocycles. The van der Waals surface area contributed by atoms with E-state index in [1.165, 1.54) is 37.1 Å². The predicted molar refractivity (Wildman–Crippen MR) is 96.4 cm³/mol. The fourth-order valence-corrected chi connectivity index (χ4v) is 3.35. The van der Waals surface area contributed by atoms with Crippen molar-refractivity contribution in [3.63, 3.8) is 0 Å². The Kier molecular flexibility index (Phi) is 5.77. The highest BCUT2D eigenvalue weighted by atomic mass is 15.3. The van der Waals surface area contributed by atoms with E-state index in [9.17, 15) is 0 Å². The number of nitrogens with zero attached hydrogens (tertiary/aromatic N) is 5. The van der Waals surface area contributed by atoms with Gasteiger partial charge in [0.2, 0.25) is 0 Å². The molecule has 0 bridgehead atoms. The number of aromatic nitrogens is 3. The fraction of sp³-hybridized carbons (Fsp3) is 0.474. The summed E-state index contributed by atoms with van der Waals surface area (Å²) in [6.07, 6.45) is 12.2. The molecule has 1 saturated heterocycles. The van der Waals surface area contributed by atoms with E-state index >= 15 is 0 Å². The lowest BCUT2D eigenvalue weighted by molar-refractivity contribution is 0.108. The lowest BCUT2D eigenvalue weighted by Gasteiger charge is -2.37. The van der Waals surface area contributed by atoms with Gasteiger partial charge in [-0.15, -0.1) is 6.58 Å². The number of piperidine rings is 1. The zero-order valence-electron chi connectivity index (χ0n) is 14.5. The molecular weight excluding hydrogens is 298 g/mol. The first kappa shape index (κ1) is 16.9. The highest BCUT2D eigenvalue weighted by Gasteiger charge is 2.23. The molecule has 0 aliphatic carbocycles. The molecule has 24 heavy (non-hydrogen) atoms. The zero-order chi connectivity index (χ0) is 16.8. The summed E-state index contributed by atoms with van der Waals surface area (Å²) in [7, 11) is 2.21. The van der Waals surface area contributed by atoms with Crippen molar-refractivity contribution in [1.29, 1.82) is 0 Å². The number of hydrogen-bond acceptors (Lipinski definition) is 4. The molecule has 2 aromatic heterocycles. The first-order valence-corrected chi connectivity index (χ1v) is 8.68. The average molecular weight is 325 g/mol. The van der Waals surface area contributed by atoms with Crippen molar-refractivity contribution in [3.05, 3.63) is 60.7 Å². The second-order valence-electron chi connectivity index (χ2n) is 6.65. The van der Waals surface area contributed by atoms with Crippen LogP contribution >= 0.6 is 0 Å². The van der Waals surface area contributed by atoms with E-state index < -0.39 is 0 Å². The van der Waals surface area contributed by atoms with Gasteiger partial charge in [-0.05, 0) is 50.7 Å². The number of likely N-dealkylation sites (tertiary alicyclic amines) is 1. The average Bonchev–Trinajstić information content (AvgIpc) is 3.03. The van der Waals surface area contributed by atoms with Crippen LogP contribution in [0.5, 0.6) is 0 Å². The SMILES string of the molecule is C=CCn1cc(CN(Cc2ccncc2)C2CCN(C)CC2)cn1. The van der Waals surface area contributed by atoms with Gasteiger partial charge in [0.15, 0.2) is 0 Å². The second-order valence-corrected chi connectivity index (χ2v) is 6.65. The smallest absolute Gasteiger partial charge is 0.0587 e. The normalized spacial score (nSPS) is 16.6. The van der Waals surface area contributed by atoms with Crippen LogP contribution in [0.15, 0.2) is 49.6 Å². The Morgan fingerprint density at radius 3 is 2.62 bits per heavy atom. The summed E-state index contributed by atoms with van der Waals surface area (Å²) in [5.74, 6) is 0. The third-order valence-corrected chi connectivity index (χ3v) is 4.73. The minimum absolute atomic E-state index is 0.622. The maximum Gasteiger partial charge on any atom is 0.0587 e. The summed E-state index contributed by atoms with van der Waals surface area (Å²) in [6, 6.07) is 4.85. The van der Waals surface area contributed by atoms with Crippen LogP contribution in [0.4, 0.5) is 0 Å². The van der Waals surface area contributed by atoms with Crippen LogP contribution in [0.1, 0.15) is 24.0 Å². The van der Waals surface area contributed by atoms with Crippen molar-refractivity contribution in [1.82, 2.24) is 24.6 Å². The van der Waals surface area contributed by atoms with Crippen LogP contribution in [-0.2, 0) is 19.6 Å². The summed E-state index contributed by atoms with van der Waals surface area (Å²) in [5.41, 5.74) is 2.59. The van der Waals surface area contributed by atoms with Crippen molar-refractivity contribution >= 4 is 0 Å². The van der Waals surface area contributed by atoms with Crippen molar-refractivity contribution in [3.8, 4) is 0 Å². The number of hydrogen-bond donors (Lipinski definition) is 0. The van der Waals surface area contributed by atoms with Gasteiger partial charge in [0.25, 0.3) is 0 Å². The van der Waals surface area contributed by atoms with E-state index in [0.717, 1.165) is 19.6 Å². The van der Waals surface area contributed by atoms with Gasteiger partial charge < -0.3 is 4.90 Å². The summed E-state index contributed by atoms with van der Waals surface area (Å²) in [4.78, 5) is 9.15. The molecule has 3 rings (SSSR count). The Bertz CT molecular complexity index is 628. The van der Waals surface area contributed by atoms with E-state index in [1.54, 1.807) is 0 Å². The minimum Gasteiger partial charge on any atom is -0.306 e. The molecule has 5 heteroatoms. The largest absolute Gasteiger partial charge is 0.306 e. The maximum absolute atomic E-state index is 4.42. The lowest BCUT2D eigenvalue weighted by Crippen LogP contribution is -2.43. The van der Waals surface area contributed by atoms with Crippen molar-refractivity contribution in [2.45, 2.75) is 38.5 Å². The van der Waals surface area contributed by atoms with Crippen LogP contribution in [-0.4, -0.2) is 50.7 Å². The molecule has 1 fully saturated rings. The van der Waals surface area contributed by atoms with E-state index in [4.69, 9.17) is 0 Å². The Morgan fingerprint density at radius 1 is 1.21 bits per heavy atom. The van der Waals surface area contributed by atoms with Gasteiger partial charge in [0.1, 0.15) is 0 Å². The molecule has 0 radical (unpaired) electrons. The van der Waals surface area contributed by atoms with Gasteiger partial charge in [-0.1, -0.05) is 6.08 Å². The van der Waals surface area contributed by atoms with Crippen LogP contribution in [0.25, 0.3) is 0 Å².